The normalized spacial score (nSPS) is 9.92. The molecule has 2 rings (SSSR count). The van der Waals surface area contributed by atoms with Gasteiger partial charge in [0, 0.05) is 23.8 Å². The lowest BCUT2D eigenvalue weighted by Crippen LogP contribution is -1.89. The zero-order valence-corrected chi connectivity index (χ0v) is 7.78. The van der Waals surface area contributed by atoms with Crippen LogP contribution >= 0.6 is 12.8 Å². The zero-order valence-electron chi connectivity index (χ0n) is 6.88. The van der Waals surface area contributed by atoms with Gasteiger partial charge in [0.15, 0.2) is 0 Å². The van der Waals surface area contributed by atoms with Crippen molar-refractivity contribution in [3.8, 4) is 5.69 Å². The molecule has 0 aliphatic carbocycles. The van der Waals surface area contributed by atoms with Crippen molar-refractivity contribution >= 4 is 18.5 Å². The number of hydrogen-bond acceptors (Lipinski definition) is 3. The summed E-state index contributed by atoms with van der Waals surface area (Å²) in [6.07, 6.45) is 5.43. The summed E-state index contributed by atoms with van der Waals surface area (Å²) in [5.74, 6) is 0. The second-order valence-electron chi connectivity index (χ2n) is 2.63. The fourth-order valence-electron chi connectivity index (χ4n) is 1.12. The molecule has 13 heavy (non-hydrogen) atoms. The van der Waals surface area contributed by atoms with Crippen LogP contribution < -0.4 is 4.72 Å². The van der Waals surface area contributed by atoms with Crippen molar-refractivity contribution in [3.63, 3.8) is 0 Å². The molecule has 1 N–H and O–H groups in total. The maximum atomic E-state index is 3.97. The average molecular weight is 191 g/mol. The topological polar surface area (TPSA) is 29.9 Å². The van der Waals surface area contributed by atoms with Crippen LogP contribution in [0.2, 0.25) is 0 Å². The minimum atomic E-state index is 0.979. The predicted molar refractivity (Wildman–Crippen MR) is 56.2 cm³/mol. The highest BCUT2D eigenvalue weighted by atomic mass is 32.1. The van der Waals surface area contributed by atoms with Crippen molar-refractivity contribution in [2.45, 2.75) is 0 Å². The van der Waals surface area contributed by atoms with Gasteiger partial charge in [0.1, 0.15) is 0 Å². The van der Waals surface area contributed by atoms with Crippen LogP contribution in [0, 0.1) is 0 Å². The van der Waals surface area contributed by atoms with E-state index in [1.54, 1.807) is 12.5 Å². The van der Waals surface area contributed by atoms with Crippen molar-refractivity contribution in [2.24, 2.45) is 0 Å². The van der Waals surface area contributed by atoms with Gasteiger partial charge in [-0.15, -0.1) is 0 Å². The molecule has 1 heterocycles. The number of nitrogens with zero attached hydrogens (tertiary/aromatic N) is 2. The highest BCUT2D eigenvalue weighted by Gasteiger charge is 1.94. The Labute approximate surface area is 82.0 Å². The lowest BCUT2D eigenvalue weighted by molar-refractivity contribution is 1.06. The van der Waals surface area contributed by atoms with Crippen LogP contribution in [0.3, 0.4) is 0 Å². The van der Waals surface area contributed by atoms with Crippen molar-refractivity contribution in [3.05, 3.63) is 43.0 Å². The summed E-state index contributed by atoms with van der Waals surface area (Å²) in [6, 6.07) is 7.92. The molecule has 0 aliphatic rings. The first kappa shape index (κ1) is 8.19. The number of imidazole rings is 1. The number of anilines is 1. The van der Waals surface area contributed by atoms with Crippen LogP contribution in [-0.4, -0.2) is 9.55 Å². The first-order chi connectivity index (χ1) is 6.40. The lowest BCUT2D eigenvalue weighted by Gasteiger charge is -2.02. The van der Waals surface area contributed by atoms with Crippen LogP contribution in [-0.2, 0) is 0 Å². The van der Waals surface area contributed by atoms with E-state index in [1.165, 1.54) is 0 Å². The lowest BCUT2D eigenvalue weighted by atomic mass is 10.3. The summed E-state index contributed by atoms with van der Waals surface area (Å²) < 4.78 is 4.72. The van der Waals surface area contributed by atoms with E-state index < -0.39 is 0 Å². The van der Waals surface area contributed by atoms with E-state index in [-0.39, 0.29) is 0 Å². The van der Waals surface area contributed by atoms with Crippen molar-refractivity contribution in [1.29, 1.82) is 0 Å². The van der Waals surface area contributed by atoms with Gasteiger partial charge >= 0.3 is 0 Å². The number of nitrogens with one attached hydrogen (secondary N) is 1. The number of rotatable bonds is 2. The average Bonchev–Trinajstić information content (AvgIpc) is 2.71. The van der Waals surface area contributed by atoms with Gasteiger partial charge in [-0.05, 0) is 24.3 Å². The molecule has 0 bridgehead atoms. The summed E-state index contributed by atoms with van der Waals surface area (Å²) in [7, 11) is 0. The Bertz CT molecular complexity index is 366. The fourth-order valence-corrected chi connectivity index (χ4v) is 1.27. The van der Waals surface area contributed by atoms with Crippen LogP contribution in [0.1, 0.15) is 0 Å². The van der Waals surface area contributed by atoms with Crippen molar-refractivity contribution < 1.29 is 0 Å². The highest BCUT2D eigenvalue weighted by molar-refractivity contribution is 7.81. The summed E-state index contributed by atoms with van der Waals surface area (Å²) in [5, 5.41) is 0. The van der Waals surface area contributed by atoms with Gasteiger partial charge in [0.05, 0.1) is 6.33 Å². The Balaban J connectivity index is 2.33. The third kappa shape index (κ3) is 1.67. The van der Waals surface area contributed by atoms with Gasteiger partial charge in [-0.25, -0.2) is 4.98 Å². The quantitative estimate of drug-likeness (QED) is 0.712. The van der Waals surface area contributed by atoms with Crippen LogP contribution in [0.4, 0.5) is 5.69 Å². The molecule has 1 aromatic heterocycles. The number of thiol groups is 1. The minimum absolute atomic E-state index is 0.979. The molecular formula is C9H9N3S. The molecule has 4 heteroatoms. The largest absolute Gasteiger partial charge is 0.332 e. The van der Waals surface area contributed by atoms with E-state index in [9.17, 15) is 0 Å². The fraction of sp³-hybridized carbons (Fsp3) is 0. The molecule has 0 aliphatic heterocycles. The first-order valence-corrected chi connectivity index (χ1v) is 4.33. The summed E-state index contributed by atoms with van der Waals surface area (Å²) in [4.78, 5) is 3.97. The first-order valence-electron chi connectivity index (χ1n) is 3.88. The Morgan fingerprint density at radius 3 is 2.54 bits per heavy atom. The molecule has 66 valence electrons. The Morgan fingerprint density at radius 1 is 1.23 bits per heavy atom. The Morgan fingerprint density at radius 2 is 2.00 bits per heavy atom. The van der Waals surface area contributed by atoms with Crippen molar-refractivity contribution in [1.82, 2.24) is 9.55 Å². The SMILES string of the molecule is SNc1ccc(-n2ccnc2)cc1. The second-order valence-corrected chi connectivity index (χ2v) is 2.85. The molecule has 0 saturated carbocycles. The third-order valence-corrected chi connectivity index (χ3v) is 2.06. The summed E-state index contributed by atoms with van der Waals surface area (Å²) in [5.41, 5.74) is 2.07. The van der Waals surface area contributed by atoms with E-state index in [1.807, 2.05) is 35.0 Å². The van der Waals surface area contributed by atoms with E-state index >= 15 is 0 Å². The summed E-state index contributed by atoms with van der Waals surface area (Å²) >= 11 is 3.95. The molecular weight excluding hydrogens is 182 g/mol. The maximum absolute atomic E-state index is 3.97. The van der Waals surface area contributed by atoms with Gasteiger partial charge in [-0.1, -0.05) is 12.8 Å². The molecule has 0 atom stereocenters. The zero-order chi connectivity index (χ0) is 9.10. The number of benzene rings is 1. The molecule has 0 unspecified atom stereocenters. The van der Waals surface area contributed by atoms with Crippen molar-refractivity contribution in [2.75, 3.05) is 4.72 Å². The number of hydrogen-bond donors (Lipinski definition) is 2. The highest BCUT2D eigenvalue weighted by Crippen LogP contribution is 2.12. The Kier molecular flexibility index (Phi) is 2.23. The van der Waals surface area contributed by atoms with Gasteiger partial charge in [0.2, 0.25) is 0 Å². The van der Waals surface area contributed by atoms with E-state index in [4.69, 9.17) is 0 Å². The maximum Gasteiger partial charge on any atom is 0.0991 e. The smallest absolute Gasteiger partial charge is 0.0991 e. The monoisotopic (exact) mass is 191 g/mol. The molecule has 2 aromatic rings. The molecule has 0 fully saturated rings. The Hall–Kier alpha value is -1.42. The van der Waals surface area contributed by atoms with Crippen LogP contribution in [0.5, 0.6) is 0 Å². The third-order valence-electron chi connectivity index (χ3n) is 1.80. The van der Waals surface area contributed by atoms with E-state index in [2.05, 4.69) is 22.5 Å². The molecule has 1 aromatic carbocycles. The van der Waals surface area contributed by atoms with Crippen LogP contribution in [0.25, 0.3) is 5.69 Å². The molecule has 0 amide bonds. The molecule has 3 nitrogen and oxygen atoms in total. The second kappa shape index (κ2) is 3.53. The van der Waals surface area contributed by atoms with E-state index in [0.717, 1.165) is 11.4 Å². The van der Waals surface area contributed by atoms with Crippen LogP contribution in [0.15, 0.2) is 43.0 Å². The molecule has 0 saturated heterocycles. The van der Waals surface area contributed by atoms with Gasteiger partial charge in [-0.2, -0.15) is 0 Å². The minimum Gasteiger partial charge on any atom is -0.332 e. The molecule has 0 spiro atoms. The van der Waals surface area contributed by atoms with Gasteiger partial charge < -0.3 is 9.29 Å². The predicted octanol–water partition coefficient (Wildman–Crippen LogP) is 2.13. The summed E-state index contributed by atoms with van der Waals surface area (Å²) in [6.45, 7) is 0. The van der Waals surface area contributed by atoms with Gasteiger partial charge in [0.25, 0.3) is 0 Å². The number of aromatic nitrogens is 2. The van der Waals surface area contributed by atoms with E-state index in [0.29, 0.717) is 0 Å². The standard InChI is InChI=1S/C9H9N3S/c13-11-8-1-3-9(4-2-8)12-6-5-10-7-12/h1-7,11,13H. The molecule has 0 radical (unpaired) electrons. The van der Waals surface area contributed by atoms with Gasteiger partial charge in [-0.3, -0.25) is 0 Å².